The van der Waals surface area contributed by atoms with E-state index in [0.29, 0.717) is 5.56 Å². The molecule has 9 atom stereocenters. The maximum absolute atomic E-state index is 13.2. The van der Waals surface area contributed by atoms with E-state index in [1.807, 2.05) is 18.2 Å². The number of phenolic OH excluding ortho intramolecular Hbond substituents is 1. The van der Waals surface area contributed by atoms with Gasteiger partial charge in [0.25, 0.3) is 0 Å². The number of aromatic hydroxyl groups is 1. The van der Waals surface area contributed by atoms with Crippen LogP contribution in [-0.4, -0.2) is 123 Å². The minimum Gasteiger partial charge on any atom is -0.507 e. The van der Waals surface area contributed by atoms with Crippen LogP contribution in [0.3, 0.4) is 0 Å². The largest absolute Gasteiger partial charge is 0.507 e. The number of methoxy groups -OCH3 is 1. The molecule has 9 unspecified atom stereocenters. The minimum atomic E-state index is -1.96. The van der Waals surface area contributed by atoms with Crippen LogP contribution < -0.4 is 18.9 Å². The van der Waals surface area contributed by atoms with Crippen molar-refractivity contribution in [2.45, 2.75) is 61.2 Å². The van der Waals surface area contributed by atoms with Crippen LogP contribution in [-0.2, 0) is 19.0 Å². The number of rotatable bonds is 11. The van der Waals surface area contributed by atoms with Crippen LogP contribution in [0.15, 0.2) is 66.7 Å². The number of phenols is 1. The van der Waals surface area contributed by atoms with E-state index >= 15 is 0 Å². The molecular weight excluding hydrogens is 688 g/mol. The van der Waals surface area contributed by atoms with Crippen molar-refractivity contribution >= 4 is 17.8 Å². The second-order valence-electron chi connectivity index (χ2n) is 12.5. The third kappa shape index (κ3) is 7.69. The number of aliphatic hydroxyl groups is 6. The number of benzene rings is 3. The molecule has 0 aliphatic carbocycles. The molecular formula is C36H38O16. The Kier molecular flexibility index (Phi) is 11.0. The first-order valence-electron chi connectivity index (χ1n) is 16.2. The van der Waals surface area contributed by atoms with Gasteiger partial charge in [-0.2, -0.15) is 0 Å². The summed E-state index contributed by atoms with van der Waals surface area (Å²) >= 11 is 0. The van der Waals surface area contributed by atoms with Crippen molar-refractivity contribution in [3.05, 3.63) is 83.4 Å². The Morgan fingerprint density at radius 3 is 2.46 bits per heavy atom. The third-order valence-corrected chi connectivity index (χ3v) is 8.86. The normalized spacial score (nSPS) is 30.0. The van der Waals surface area contributed by atoms with Gasteiger partial charge in [-0.15, -0.1) is 0 Å². The molecule has 0 amide bonds. The molecule has 16 heteroatoms. The molecule has 2 fully saturated rings. The maximum Gasteiger partial charge on any atom is 0.330 e. The molecule has 52 heavy (non-hydrogen) atoms. The smallest absolute Gasteiger partial charge is 0.330 e. The van der Waals surface area contributed by atoms with Crippen molar-refractivity contribution < 1.29 is 78.5 Å². The van der Waals surface area contributed by atoms with E-state index in [1.165, 1.54) is 31.4 Å². The van der Waals surface area contributed by atoms with E-state index in [0.717, 1.165) is 11.6 Å². The van der Waals surface area contributed by atoms with Gasteiger partial charge in [0.2, 0.25) is 12.6 Å². The Morgan fingerprint density at radius 2 is 1.73 bits per heavy atom. The quantitative estimate of drug-likeness (QED) is 0.104. The van der Waals surface area contributed by atoms with Crippen LogP contribution in [0.5, 0.6) is 28.7 Å². The fraction of sp³-hybridized carbons (Fsp3) is 0.389. The summed E-state index contributed by atoms with van der Waals surface area (Å²) in [4.78, 5) is 25.4. The van der Waals surface area contributed by atoms with E-state index in [-0.39, 0.29) is 35.0 Å². The van der Waals surface area contributed by atoms with Crippen LogP contribution >= 0.6 is 0 Å². The van der Waals surface area contributed by atoms with Gasteiger partial charge < -0.3 is 68.9 Å². The summed E-state index contributed by atoms with van der Waals surface area (Å²) in [6, 6.07) is 16.0. The van der Waals surface area contributed by atoms with Crippen LogP contribution in [0.2, 0.25) is 0 Å². The van der Waals surface area contributed by atoms with E-state index < -0.39 is 92.1 Å². The number of esters is 1. The van der Waals surface area contributed by atoms with Gasteiger partial charge in [0.15, 0.2) is 29.0 Å². The zero-order valence-electron chi connectivity index (χ0n) is 27.7. The van der Waals surface area contributed by atoms with Crippen molar-refractivity contribution in [2.75, 3.05) is 26.9 Å². The third-order valence-electron chi connectivity index (χ3n) is 8.86. The van der Waals surface area contributed by atoms with Gasteiger partial charge in [0.1, 0.15) is 59.9 Å². The van der Waals surface area contributed by atoms with Gasteiger partial charge >= 0.3 is 5.97 Å². The predicted molar refractivity (Wildman–Crippen MR) is 176 cm³/mol. The zero-order chi connectivity index (χ0) is 37.2. The molecule has 0 spiro atoms. The number of hydrogen-bond acceptors (Lipinski definition) is 16. The molecule has 6 rings (SSSR count). The lowest BCUT2D eigenvalue weighted by atomic mass is 9.95. The molecule has 2 saturated heterocycles. The van der Waals surface area contributed by atoms with E-state index in [4.69, 9.17) is 33.2 Å². The average Bonchev–Trinajstić information content (AvgIpc) is 3.42. The van der Waals surface area contributed by atoms with E-state index in [1.54, 1.807) is 24.3 Å². The van der Waals surface area contributed by atoms with Gasteiger partial charge in [0, 0.05) is 18.2 Å². The molecule has 3 aliphatic heterocycles. The second-order valence-corrected chi connectivity index (χ2v) is 12.5. The van der Waals surface area contributed by atoms with Crippen LogP contribution in [0, 0.1) is 0 Å². The molecule has 0 saturated carbocycles. The van der Waals surface area contributed by atoms with Crippen LogP contribution in [0.4, 0.5) is 0 Å². The lowest BCUT2D eigenvalue weighted by molar-refractivity contribution is -0.277. The van der Waals surface area contributed by atoms with Gasteiger partial charge in [-0.25, -0.2) is 4.79 Å². The Bertz CT molecular complexity index is 1780. The maximum atomic E-state index is 13.2. The second kappa shape index (κ2) is 15.4. The molecule has 16 nitrogen and oxygen atoms in total. The van der Waals surface area contributed by atoms with Gasteiger partial charge in [0.05, 0.1) is 26.7 Å². The number of carbonyl (C=O) groups excluding carboxylic acids is 2. The Morgan fingerprint density at radius 1 is 0.962 bits per heavy atom. The molecule has 3 aromatic carbocycles. The summed E-state index contributed by atoms with van der Waals surface area (Å²) in [6.45, 7) is -1.64. The summed E-state index contributed by atoms with van der Waals surface area (Å²) in [6.07, 6.45) is -9.08. The number of ether oxygens (including phenoxy) is 7. The fourth-order valence-corrected chi connectivity index (χ4v) is 5.93. The highest BCUT2D eigenvalue weighted by molar-refractivity contribution is 6.02. The monoisotopic (exact) mass is 726 g/mol. The predicted octanol–water partition coefficient (Wildman–Crippen LogP) is 0.370. The lowest BCUT2D eigenvalue weighted by Gasteiger charge is -2.39. The molecule has 278 valence electrons. The van der Waals surface area contributed by atoms with Crippen molar-refractivity contribution in [2.24, 2.45) is 0 Å². The Balaban J connectivity index is 1.11. The Hall–Kier alpha value is -4.78. The highest BCUT2D eigenvalue weighted by Gasteiger charge is 2.51. The van der Waals surface area contributed by atoms with E-state index in [9.17, 15) is 45.3 Å². The number of fused-ring (bicyclic) bond motifs is 1. The first-order valence-corrected chi connectivity index (χ1v) is 16.2. The first kappa shape index (κ1) is 37.0. The van der Waals surface area contributed by atoms with Gasteiger partial charge in [-0.3, -0.25) is 4.79 Å². The zero-order valence-corrected chi connectivity index (χ0v) is 27.7. The van der Waals surface area contributed by atoms with Crippen LogP contribution in [0.1, 0.15) is 34.0 Å². The van der Waals surface area contributed by atoms with Crippen molar-refractivity contribution in [1.29, 1.82) is 0 Å². The summed E-state index contributed by atoms with van der Waals surface area (Å²) in [5, 5.41) is 72.4. The minimum absolute atomic E-state index is 0.0573. The number of carbonyl (C=O) groups is 2. The van der Waals surface area contributed by atoms with Crippen molar-refractivity contribution in [1.82, 2.24) is 0 Å². The first-order chi connectivity index (χ1) is 24.9. The standard InChI is InChI=1S/C36H38O16/c1-46-25-11-19(8-9-23(25)51-35-33(44)36(45,17-48-35)16-47-28(40)10-7-18-5-3-2-4-6-18)24-14-22(39)29-21(38)12-20(13-26(29)50-24)49-34-32(43)31(42)30(41)27(15-37)52-34/h2-13,24,27,30-35,37-38,41-45H,14-17H2,1H3. The molecule has 3 heterocycles. The SMILES string of the molecule is COc1cc(C2CC(=O)c3c(O)cc(OC4OC(CO)C(O)C(O)C4O)cc3O2)ccc1OC1OCC(O)(COC(=O)C=Cc2ccccc2)C1O. The fourth-order valence-electron chi connectivity index (χ4n) is 5.93. The van der Waals surface area contributed by atoms with Gasteiger partial charge in [-0.05, 0) is 29.3 Å². The number of hydrogen-bond donors (Lipinski definition) is 7. The lowest BCUT2D eigenvalue weighted by Crippen LogP contribution is -2.60. The molecule has 0 radical (unpaired) electrons. The van der Waals surface area contributed by atoms with Crippen LogP contribution in [0.25, 0.3) is 6.08 Å². The van der Waals surface area contributed by atoms with Crippen molar-refractivity contribution in [3.8, 4) is 28.7 Å². The van der Waals surface area contributed by atoms with Gasteiger partial charge in [-0.1, -0.05) is 36.4 Å². The average molecular weight is 727 g/mol. The summed E-state index contributed by atoms with van der Waals surface area (Å²) in [5.41, 5.74) is -0.838. The molecule has 0 bridgehead atoms. The molecule has 7 N–H and O–H groups in total. The number of aliphatic hydroxyl groups excluding tert-OH is 5. The van der Waals surface area contributed by atoms with Crippen molar-refractivity contribution in [3.63, 3.8) is 0 Å². The molecule has 3 aliphatic rings. The highest BCUT2D eigenvalue weighted by atomic mass is 16.7. The molecule has 3 aromatic rings. The topological polar surface area (TPSA) is 240 Å². The Labute approximate surface area is 296 Å². The summed E-state index contributed by atoms with van der Waals surface area (Å²) in [5.74, 6) is -1.56. The highest BCUT2D eigenvalue weighted by Crippen LogP contribution is 2.44. The number of Topliss-reactive ketones (excluding diaryl/α,β-unsaturated/α-hetero) is 1. The number of ketones is 1. The summed E-state index contributed by atoms with van der Waals surface area (Å²) < 4.78 is 39.0. The van der Waals surface area contributed by atoms with E-state index in [2.05, 4.69) is 0 Å². The summed E-state index contributed by atoms with van der Waals surface area (Å²) in [7, 11) is 1.36. The molecule has 0 aromatic heterocycles.